The third-order valence-corrected chi connectivity index (χ3v) is 2.82. The molecule has 0 bridgehead atoms. The number of benzene rings is 1. The van der Waals surface area contributed by atoms with Crippen LogP contribution in [0.3, 0.4) is 0 Å². The molecule has 0 aliphatic heterocycles. The molecule has 0 radical (unpaired) electrons. The van der Waals surface area contributed by atoms with Crippen LogP contribution in [-0.2, 0) is 9.63 Å². The van der Waals surface area contributed by atoms with Gasteiger partial charge in [0.15, 0.2) is 0 Å². The van der Waals surface area contributed by atoms with Crippen LogP contribution in [0.25, 0.3) is 0 Å². The van der Waals surface area contributed by atoms with Gasteiger partial charge in [0.2, 0.25) is 5.91 Å². The van der Waals surface area contributed by atoms with E-state index in [9.17, 15) is 4.79 Å². The standard InChI is InChI=1S/C11H16ClN3O2/c1-7(15(2)17-3)11(16)14-8-4-5-9(12)10(13)6-8/h4-7H,13H2,1-3H3,(H,14,16). The Morgan fingerprint density at radius 2 is 2.24 bits per heavy atom. The van der Waals surface area contributed by atoms with Crippen LogP contribution in [0.1, 0.15) is 6.92 Å². The minimum Gasteiger partial charge on any atom is -0.397 e. The Balaban J connectivity index is 2.71. The van der Waals surface area contributed by atoms with E-state index in [1.807, 2.05) is 0 Å². The predicted octanol–water partition coefficient (Wildman–Crippen LogP) is 1.74. The highest BCUT2D eigenvalue weighted by Gasteiger charge is 2.18. The highest BCUT2D eigenvalue weighted by molar-refractivity contribution is 6.33. The third-order valence-electron chi connectivity index (χ3n) is 2.48. The maximum absolute atomic E-state index is 11.8. The van der Waals surface area contributed by atoms with Crippen molar-refractivity contribution in [2.45, 2.75) is 13.0 Å². The van der Waals surface area contributed by atoms with Crippen molar-refractivity contribution in [1.82, 2.24) is 5.06 Å². The Kier molecular flexibility index (Phi) is 4.74. The summed E-state index contributed by atoms with van der Waals surface area (Å²) in [5.74, 6) is -0.184. The highest BCUT2D eigenvalue weighted by atomic mass is 35.5. The van der Waals surface area contributed by atoms with Gasteiger partial charge >= 0.3 is 0 Å². The van der Waals surface area contributed by atoms with Gasteiger partial charge in [-0.3, -0.25) is 4.79 Å². The molecule has 0 aromatic heterocycles. The van der Waals surface area contributed by atoms with Crippen molar-refractivity contribution in [3.63, 3.8) is 0 Å². The first-order valence-electron chi connectivity index (χ1n) is 5.08. The zero-order chi connectivity index (χ0) is 13.0. The van der Waals surface area contributed by atoms with Crippen LogP contribution in [0.15, 0.2) is 18.2 Å². The lowest BCUT2D eigenvalue weighted by molar-refractivity contribution is -0.154. The molecule has 5 nitrogen and oxygen atoms in total. The van der Waals surface area contributed by atoms with E-state index in [4.69, 9.17) is 22.2 Å². The highest BCUT2D eigenvalue weighted by Crippen LogP contribution is 2.22. The normalized spacial score (nSPS) is 12.5. The van der Waals surface area contributed by atoms with E-state index >= 15 is 0 Å². The lowest BCUT2D eigenvalue weighted by Gasteiger charge is -2.21. The molecule has 0 aliphatic carbocycles. The second-order valence-corrected chi connectivity index (χ2v) is 4.04. The number of carbonyl (C=O) groups is 1. The molecule has 3 N–H and O–H groups in total. The summed E-state index contributed by atoms with van der Waals surface area (Å²) in [6, 6.07) is 4.53. The molecule has 1 aromatic rings. The van der Waals surface area contributed by atoms with Gasteiger partial charge in [0, 0.05) is 12.7 Å². The molecular weight excluding hydrogens is 242 g/mol. The van der Waals surface area contributed by atoms with Gasteiger partial charge in [-0.2, -0.15) is 5.06 Å². The van der Waals surface area contributed by atoms with Crippen molar-refractivity contribution in [3.8, 4) is 0 Å². The number of rotatable bonds is 4. The number of nitrogens with zero attached hydrogens (tertiary/aromatic N) is 1. The predicted molar refractivity (Wildman–Crippen MR) is 68.7 cm³/mol. The van der Waals surface area contributed by atoms with Gasteiger partial charge < -0.3 is 15.9 Å². The summed E-state index contributed by atoms with van der Waals surface area (Å²) in [5.41, 5.74) is 6.67. The van der Waals surface area contributed by atoms with Gasteiger partial charge in [-0.25, -0.2) is 0 Å². The van der Waals surface area contributed by atoms with Gasteiger partial charge in [-0.15, -0.1) is 0 Å². The summed E-state index contributed by atoms with van der Waals surface area (Å²) in [5, 5.41) is 4.64. The van der Waals surface area contributed by atoms with Crippen LogP contribution in [-0.4, -0.2) is 31.2 Å². The first-order valence-corrected chi connectivity index (χ1v) is 5.46. The number of halogens is 1. The van der Waals surface area contributed by atoms with Crippen LogP contribution < -0.4 is 11.1 Å². The van der Waals surface area contributed by atoms with Crippen molar-refractivity contribution in [2.24, 2.45) is 0 Å². The number of hydroxylamine groups is 2. The van der Waals surface area contributed by atoms with Gasteiger partial charge in [-0.1, -0.05) is 11.6 Å². The molecular formula is C11H16ClN3O2. The number of carbonyl (C=O) groups excluding carboxylic acids is 1. The van der Waals surface area contributed by atoms with Crippen molar-refractivity contribution < 1.29 is 9.63 Å². The summed E-state index contributed by atoms with van der Waals surface area (Å²) in [7, 11) is 3.19. The second-order valence-electron chi connectivity index (χ2n) is 3.63. The molecule has 0 spiro atoms. The Hall–Kier alpha value is -1.30. The summed E-state index contributed by atoms with van der Waals surface area (Å²) in [6.07, 6.45) is 0. The number of nitrogens with two attached hydrogens (primary N) is 1. The van der Waals surface area contributed by atoms with Crippen molar-refractivity contribution in [1.29, 1.82) is 0 Å². The SMILES string of the molecule is CON(C)C(C)C(=O)Nc1ccc(Cl)c(N)c1. The molecule has 6 heteroatoms. The smallest absolute Gasteiger partial charge is 0.243 e. The molecule has 0 saturated heterocycles. The van der Waals surface area contributed by atoms with Crippen LogP contribution in [0, 0.1) is 0 Å². The van der Waals surface area contributed by atoms with Crippen LogP contribution in [0.4, 0.5) is 11.4 Å². The molecule has 17 heavy (non-hydrogen) atoms. The summed E-state index contributed by atoms with van der Waals surface area (Å²) >= 11 is 5.79. The topological polar surface area (TPSA) is 67.6 Å². The van der Waals surface area contributed by atoms with E-state index in [0.717, 1.165) is 0 Å². The minimum absolute atomic E-state index is 0.184. The molecule has 0 fully saturated rings. The molecule has 94 valence electrons. The maximum atomic E-state index is 11.8. The molecule has 1 rings (SSSR count). The fourth-order valence-electron chi connectivity index (χ4n) is 1.19. The Bertz CT molecular complexity index is 412. The van der Waals surface area contributed by atoms with Crippen molar-refractivity contribution >= 4 is 28.9 Å². The number of amides is 1. The number of nitrogens with one attached hydrogen (secondary N) is 1. The van der Waals surface area contributed by atoms with E-state index in [0.29, 0.717) is 16.4 Å². The lowest BCUT2D eigenvalue weighted by Crippen LogP contribution is -2.38. The molecule has 0 heterocycles. The van der Waals surface area contributed by atoms with Crippen molar-refractivity contribution in [3.05, 3.63) is 23.2 Å². The molecule has 1 atom stereocenters. The van der Waals surface area contributed by atoms with Gasteiger partial charge in [0.05, 0.1) is 17.8 Å². The number of likely N-dealkylation sites (N-methyl/N-ethyl adjacent to an activating group) is 1. The Morgan fingerprint density at radius 1 is 1.59 bits per heavy atom. The number of nitrogen functional groups attached to an aromatic ring is 1. The number of anilines is 2. The maximum Gasteiger partial charge on any atom is 0.243 e. The van der Waals surface area contributed by atoms with Crippen LogP contribution in [0.5, 0.6) is 0 Å². The van der Waals surface area contributed by atoms with Gasteiger partial charge in [0.1, 0.15) is 6.04 Å². The fraction of sp³-hybridized carbons (Fsp3) is 0.364. The third kappa shape index (κ3) is 3.59. The van der Waals surface area contributed by atoms with E-state index < -0.39 is 6.04 Å². The quantitative estimate of drug-likeness (QED) is 0.637. The lowest BCUT2D eigenvalue weighted by atomic mass is 10.2. The molecule has 0 aliphatic rings. The summed E-state index contributed by atoms with van der Waals surface area (Å²) < 4.78 is 0. The minimum atomic E-state index is -0.406. The summed E-state index contributed by atoms with van der Waals surface area (Å²) in [6.45, 7) is 1.73. The van der Waals surface area contributed by atoms with E-state index in [2.05, 4.69) is 5.32 Å². The number of hydrogen-bond acceptors (Lipinski definition) is 4. The monoisotopic (exact) mass is 257 g/mol. The van der Waals surface area contributed by atoms with E-state index in [1.165, 1.54) is 12.2 Å². The first-order chi connectivity index (χ1) is 7.95. The number of hydrogen-bond donors (Lipinski definition) is 2. The zero-order valence-electron chi connectivity index (χ0n) is 10.0. The van der Waals surface area contributed by atoms with E-state index in [1.54, 1.807) is 32.2 Å². The average Bonchev–Trinajstić information content (AvgIpc) is 2.31. The zero-order valence-corrected chi connectivity index (χ0v) is 10.8. The summed E-state index contributed by atoms with van der Waals surface area (Å²) in [4.78, 5) is 16.7. The molecule has 0 saturated carbocycles. The van der Waals surface area contributed by atoms with E-state index in [-0.39, 0.29) is 5.91 Å². The molecule has 1 aromatic carbocycles. The average molecular weight is 258 g/mol. The second kappa shape index (κ2) is 5.86. The van der Waals surface area contributed by atoms with Gasteiger partial charge in [-0.05, 0) is 25.1 Å². The molecule has 1 amide bonds. The van der Waals surface area contributed by atoms with Crippen LogP contribution >= 0.6 is 11.6 Å². The molecule has 1 unspecified atom stereocenters. The Labute approximate surface area is 105 Å². The largest absolute Gasteiger partial charge is 0.397 e. The Morgan fingerprint density at radius 3 is 2.76 bits per heavy atom. The fourth-order valence-corrected chi connectivity index (χ4v) is 1.31. The first kappa shape index (κ1) is 13.8. The van der Waals surface area contributed by atoms with Gasteiger partial charge in [0.25, 0.3) is 0 Å². The van der Waals surface area contributed by atoms with Crippen LogP contribution in [0.2, 0.25) is 5.02 Å². The van der Waals surface area contributed by atoms with Crippen molar-refractivity contribution in [2.75, 3.05) is 25.2 Å².